The molecule has 0 aliphatic heterocycles. The average Bonchev–Trinajstić information content (AvgIpc) is 2.64. The van der Waals surface area contributed by atoms with Gasteiger partial charge in [-0.3, -0.25) is 9.59 Å². The minimum atomic E-state index is -0.987. The third kappa shape index (κ3) is 2.72. The van der Waals surface area contributed by atoms with E-state index < -0.39 is 11.4 Å². The number of carbonyl (C=O) groups excluding carboxylic acids is 2. The van der Waals surface area contributed by atoms with Gasteiger partial charge in [0.1, 0.15) is 5.54 Å². The highest BCUT2D eigenvalue weighted by atomic mass is 16.2. The van der Waals surface area contributed by atoms with Crippen molar-refractivity contribution in [2.24, 2.45) is 23.3 Å². The molecule has 1 rings (SSSR count). The standard InChI is InChI=1S/C11H21N3O2/c1-11(2,10(13)16)14-9(15)8-5-3-4-7(8)6-12/h7-8H,3-6,12H2,1-2H3,(H2,13,16)(H,14,15). The van der Waals surface area contributed by atoms with E-state index in [4.69, 9.17) is 11.5 Å². The van der Waals surface area contributed by atoms with Crippen LogP contribution in [0, 0.1) is 11.8 Å². The predicted molar refractivity (Wildman–Crippen MR) is 61.3 cm³/mol. The van der Waals surface area contributed by atoms with Gasteiger partial charge in [0.2, 0.25) is 11.8 Å². The van der Waals surface area contributed by atoms with Gasteiger partial charge < -0.3 is 16.8 Å². The van der Waals surface area contributed by atoms with Gasteiger partial charge in [-0.2, -0.15) is 0 Å². The molecule has 0 saturated heterocycles. The quantitative estimate of drug-likeness (QED) is 0.617. The van der Waals surface area contributed by atoms with E-state index in [9.17, 15) is 9.59 Å². The molecule has 0 radical (unpaired) electrons. The van der Waals surface area contributed by atoms with Gasteiger partial charge in [-0.05, 0) is 39.2 Å². The third-order valence-electron chi connectivity index (χ3n) is 3.35. The topological polar surface area (TPSA) is 98.2 Å². The van der Waals surface area contributed by atoms with Crippen molar-refractivity contribution in [3.63, 3.8) is 0 Å². The molecule has 0 spiro atoms. The Kier molecular flexibility index (Phi) is 3.91. The summed E-state index contributed by atoms with van der Waals surface area (Å²) in [5.74, 6) is -0.452. The molecule has 2 unspecified atom stereocenters. The zero-order valence-corrected chi connectivity index (χ0v) is 9.95. The summed E-state index contributed by atoms with van der Waals surface area (Å²) in [5.41, 5.74) is 9.83. The van der Waals surface area contributed by atoms with Gasteiger partial charge in [0.05, 0.1) is 0 Å². The van der Waals surface area contributed by atoms with Crippen LogP contribution < -0.4 is 16.8 Å². The van der Waals surface area contributed by atoms with Gasteiger partial charge in [0.25, 0.3) is 0 Å². The molecule has 0 aromatic carbocycles. The fraction of sp³-hybridized carbons (Fsp3) is 0.818. The molecule has 5 N–H and O–H groups in total. The smallest absolute Gasteiger partial charge is 0.242 e. The summed E-state index contributed by atoms with van der Waals surface area (Å²) < 4.78 is 0. The minimum Gasteiger partial charge on any atom is -0.368 e. The Morgan fingerprint density at radius 1 is 1.38 bits per heavy atom. The van der Waals surface area contributed by atoms with Crippen LogP contribution in [0.25, 0.3) is 0 Å². The second-order valence-electron chi connectivity index (χ2n) is 5.01. The summed E-state index contributed by atoms with van der Waals surface area (Å²) in [4.78, 5) is 23.1. The number of rotatable bonds is 4. The normalized spacial score (nSPS) is 25.4. The van der Waals surface area contributed by atoms with E-state index in [1.165, 1.54) is 0 Å². The first-order chi connectivity index (χ1) is 7.38. The summed E-state index contributed by atoms with van der Waals surface area (Å²) in [7, 11) is 0. The Morgan fingerprint density at radius 2 is 2.00 bits per heavy atom. The van der Waals surface area contributed by atoms with E-state index in [0.29, 0.717) is 6.54 Å². The van der Waals surface area contributed by atoms with Crippen LogP contribution in [0.15, 0.2) is 0 Å². The zero-order chi connectivity index (χ0) is 12.3. The summed E-state index contributed by atoms with van der Waals surface area (Å²) in [5, 5.41) is 2.69. The lowest BCUT2D eigenvalue weighted by atomic mass is 9.93. The molecule has 0 heterocycles. The van der Waals surface area contributed by atoms with Crippen LogP contribution in [0.5, 0.6) is 0 Å². The largest absolute Gasteiger partial charge is 0.368 e. The number of nitrogens with two attached hydrogens (primary N) is 2. The molecule has 0 aromatic rings. The number of carbonyl (C=O) groups is 2. The molecule has 5 nitrogen and oxygen atoms in total. The number of amides is 2. The second-order valence-corrected chi connectivity index (χ2v) is 5.01. The lowest BCUT2D eigenvalue weighted by Crippen LogP contribution is -2.55. The first-order valence-electron chi connectivity index (χ1n) is 5.70. The van der Waals surface area contributed by atoms with E-state index >= 15 is 0 Å². The SMILES string of the molecule is CC(C)(NC(=O)C1CCCC1CN)C(N)=O. The number of hydrogen-bond acceptors (Lipinski definition) is 3. The highest BCUT2D eigenvalue weighted by Crippen LogP contribution is 2.31. The summed E-state index contributed by atoms with van der Waals surface area (Å²) >= 11 is 0. The average molecular weight is 227 g/mol. The Labute approximate surface area is 95.9 Å². The molecule has 0 aromatic heterocycles. The van der Waals surface area contributed by atoms with E-state index in [1.54, 1.807) is 13.8 Å². The third-order valence-corrected chi connectivity index (χ3v) is 3.35. The zero-order valence-electron chi connectivity index (χ0n) is 9.95. The maximum absolute atomic E-state index is 12.0. The van der Waals surface area contributed by atoms with Gasteiger partial charge in [0, 0.05) is 5.92 Å². The number of primary amides is 1. The minimum absolute atomic E-state index is 0.0661. The van der Waals surface area contributed by atoms with Crippen molar-refractivity contribution in [1.29, 1.82) is 0 Å². The monoisotopic (exact) mass is 227 g/mol. The van der Waals surface area contributed by atoms with E-state index in [-0.39, 0.29) is 17.7 Å². The fourth-order valence-corrected chi connectivity index (χ4v) is 2.13. The van der Waals surface area contributed by atoms with Crippen molar-refractivity contribution in [2.45, 2.75) is 38.6 Å². The van der Waals surface area contributed by atoms with Crippen molar-refractivity contribution >= 4 is 11.8 Å². The van der Waals surface area contributed by atoms with Gasteiger partial charge in [-0.15, -0.1) is 0 Å². The van der Waals surface area contributed by atoms with Crippen LogP contribution in [0.4, 0.5) is 0 Å². The Balaban J connectivity index is 2.62. The van der Waals surface area contributed by atoms with Gasteiger partial charge in [-0.25, -0.2) is 0 Å². The summed E-state index contributed by atoms with van der Waals surface area (Å²) in [6, 6.07) is 0. The first-order valence-corrected chi connectivity index (χ1v) is 5.70. The lowest BCUT2D eigenvalue weighted by molar-refractivity contribution is -0.133. The number of hydrogen-bond donors (Lipinski definition) is 3. The summed E-state index contributed by atoms with van der Waals surface area (Å²) in [6.45, 7) is 3.74. The highest BCUT2D eigenvalue weighted by Gasteiger charge is 2.36. The second kappa shape index (κ2) is 4.82. The molecule has 5 heteroatoms. The fourth-order valence-electron chi connectivity index (χ4n) is 2.13. The Bertz CT molecular complexity index is 289. The van der Waals surface area contributed by atoms with Gasteiger partial charge in [-0.1, -0.05) is 6.42 Å². The van der Waals surface area contributed by atoms with Crippen LogP contribution in [0.3, 0.4) is 0 Å². The highest BCUT2D eigenvalue weighted by molar-refractivity contribution is 5.90. The molecular weight excluding hydrogens is 206 g/mol. The van der Waals surface area contributed by atoms with Gasteiger partial charge in [0.15, 0.2) is 0 Å². The molecule has 0 bridgehead atoms. The molecule has 92 valence electrons. The molecule has 1 aliphatic carbocycles. The molecule has 1 fully saturated rings. The lowest BCUT2D eigenvalue weighted by Gasteiger charge is -2.26. The Hall–Kier alpha value is -1.10. The van der Waals surface area contributed by atoms with Crippen molar-refractivity contribution < 1.29 is 9.59 Å². The predicted octanol–water partition coefficient (Wildman–Crippen LogP) is -0.258. The van der Waals surface area contributed by atoms with Crippen LogP contribution in [-0.4, -0.2) is 23.9 Å². The van der Waals surface area contributed by atoms with Crippen molar-refractivity contribution in [3.05, 3.63) is 0 Å². The van der Waals surface area contributed by atoms with Crippen LogP contribution in [0.2, 0.25) is 0 Å². The van der Waals surface area contributed by atoms with Crippen LogP contribution >= 0.6 is 0 Å². The molecule has 1 aliphatic rings. The first kappa shape index (κ1) is 13.0. The molecule has 2 amide bonds. The van der Waals surface area contributed by atoms with Crippen molar-refractivity contribution in [3.8, 4) is 0 Å². The number of nitrogens with one attached hydrogen (secondary N) is 1. The van der Waals surface area contributed by atoms with Gasteiger partial charge >= 0.3 is 0 Å². The van der Waals surface area contributed by atoms with Crippen LogP contribution in [-0.2, 0) is 9.59 Å². The summed E-state index contributed by atoms with van der Waals surface area (Å²) in [6.07, 6.45) is 2.87. The van der Waals surface area contributed by atoms with E-state index in [0.717, 1.165) is 19.3 Å². The van der Waals surface area contributed by atoms with Crippen LogP contribution in [0.1, 0.15) is 33.1 Å². The molecular formula is C11H21N3O2. The van der Waals surface area contributed by atoms with E-state index in [2.05, 4.69) is 5.32 Å². The Morgan fingerprint density at radius 3 is 2.50 bits per heavy atom. The maximum Gasteiger partial charge on any atom is 0.242 e. The molecule has 16 heavy (non-hydrogen) atoms. The van der Waals surface area contributed by atoms with Crippen molar-refractivity contribution in [2.75, 3.05) is 6.54 Å². The van der Waals surface area contributed by atoms with E-state index in [1.807, 2.05) is 0 Å². The molecule has 1 saturated carbocycles. The molecule has 2 atom stereocenters. The maximum atomic E-state index is 12.0. The van der Waals surface area contributed by atoms with Crippen molar-refractivity contribution in [1.82, 2.24) is 5.32 Å².